The van der Waals surface area contributed by atoms with Gasteiger partial charge in [-0.15, -0.1) is 0 Å². The van der Waals surface area contributed by atoms with Crippen LogP contribution in [-0.4, -0.2) is 50.1 Å². The van der Waals surface area contributed by atoms with Gasteiger partial charge in [0.2, 0.25) is 0 Å². The molecule has 20 heavy (non-hydrogen) atoms. The summed E-state index contributed by atoms with van der Waals surface area (Å²) in [5, 5.41) is 29.6. The maximum Gasteiger partial charge on any atom is 0.414 e. The number of hydrogen-bond donors (Lipinski definition) is 4. The van der Waals surface area contributed by atoms with Crippen molar-refractivity contribution in [2.24, 2.45) is 5.92 Å². The van der Waals surface area contributed by atoms with E-state index in [1.165, 1.54) is 0 Å². The molecule has 4 N–H and O–H groups in total. The highest BCUT2D eigenvalue weighted by molar-refractivity contribution is 6.27. The second-order valence-corrected chi connectivity index (χ2v) is 3.34. The lowest BCUT2D eigenvalue weighted by molar-refractivity contribution is -0.159. The number of carboxylic acids is 4. The predicted molar refractivity (Wildman–Crippen MR) is 65.3 cm³/mol. The van der Waals surface area contributed by atoms with E-state index in [0.717, 1.165) is 12.8 Å². The van der Waals surface area contributed by atoms with Crippen LogP contribution in [0, 0.1) is 5.92 Å². The highest BCUT2D eigenvalue weighted by atomic mass is 16.4. The molecule has 0 amide bonds. The molecule has 0 aromatic rings. The summed E-state index contributed by atoms with van der Waals surface area (Å²) in [6.45, 7) is 5.77. The minimum Gasteiger partial charge on any atom is -0.473 e. The largest absolute Gasteiger partial charge is 0.473 e. The van der Waals surface area contributed by atoms with E-state index in [1.807, 2.05) is 0 Å². The van der Waals surface area contributed by atoms with Gasteiger partial charge < -0.3 is 20.4 Å². The van der Waals surface area contributed by atoms with Crippen molar-refractivity contribution in [1.29, 1.82) is 0 Å². The zero-order chi connectivity index (χ0) is 16.9. The molecule has 0 bridgehead atoms. The van der Waals surface area contributed by atoms with Crippen LogP contribution in [-0.2, 0) is 24.0 Å². The molecule has 0 aromatic carbocycles. The van der Waals surface area contributed by atoms with Crippen LogP contribution in [0.2, 0.25) is 0 Å². The van der Waals surface area contributed by atoms with E-state index in [4.69, 9.17) is 39.6 Å². The van der Waals surface area contributed by atoms with Crippen molar-refractivity contribution in [2.75, 3.05) is 0 Å². The Hall–Kier alpha value is -2.45. The van der Waals surface area contributed by atoms with Gasteiger partial charge in [0, 0.05) is 5.92 Å². The summed E-state index contributed by atoms with van der Waals surface area (Å²) in [5.74, 6) is -6.65. The van der Waals surface area contributed by atoms with Crippen molar-refractivity contribution >= 4 is 29.7 Å². The van der Waals surface area contributed by atoms with Gasteiger partial charge in [0.15, 0.2) is 0 Å². The Bertz CT molecular complexity index is 307. The molecule has 9 heteroatoms. The van der Waals surface area contributed by atoms with Gasteiger partial charge in [-0.25, -0.2) is 19.2 Å². The molecule has 0 fully saturated rings. The van der Waals surface area contributed by atoms with Crippen LogP contribution in [0.5, 0.6) is 0 Å². The van der Waals surface area contributed by atoms with E-state index in [0.29, 0.717) is 11.7 Å². The summed E-state index contributed by atoms with van der Waals surface area (Å²) in [5.41, 5.74) is 0. The van der Waals surface area contributed by atoms with Gasteiger partial charge in [0.1, 0.15) is 5.78 Å². The number of carbonyl (C=O) groups is 5. The summed E-state index contributed by atoms with van der Waals surface area (Å²) in [4.78, 5) is 47.0. The van der Waals surface area contributed by atoms with E-state index in [1.54, 1.807) is 6.92 Å². The maximum absolute atomic E-state index is 10.6. The molecule has 0 unspecified atom stereocenters. The van der Waals surface area contributed by atoms with Crippen LogP contribution in [0.25, 0.3) is 0 Å². The fourth-order valence-electron chi connectivity index (χ4n) is 0.864. The first-order valence-electron chi connectivity index (χ1n) is 5.43. The van der Waals surface area contributed by atoms with Crippen molar-refractivity contribution in [2.45, 2.75) is 33.6 Å². The topological polar surface area (TPSA) is 166 Å². The fraction of sp³-hybridized carbons (Fsp3) is 0.545. The Morgan fingerprint density at radius 1 is 0.700 bits per heavy atom. The standard InChI is InChI=1S/C7H14O.2C2H2O4/c1-4-7(5-2)6(3)8;2*3-1(4)2(5)6/h7H,4-5H2,1-3H3;2*(H,3,4)(H,5,6). The average molecular weight is 294 g/mol. The molecule has 0 heterocycles. The Balaban J connectivity index is -0.000000221. The van der Waals surface area contributed by atoms with E-state index in [-0.39, 0.29) is 0 Å². The van der Waals surface area contributed by atoms with Crippen LogP contribution >= 0.6 is 0 Å². The van der Waals surface area contributed by atoms with Crippen molar-refractivity contribution < 1.29 is 44.4 Å². The molecule has 0 atom stereocenters. The van der Waals surface area contributed by atoms with Crippen LogP contribution in [0.1, 0.15) is 33.6 Å². The highest BCUT2D eigenvalue weighted by Gasteiger charge is 2.06. The Morgan fingerprint density at radius 3 is 0.900 bits per heavy atom. The van der Waals surface area contributed by atoms with Gasteiger partial charge in [0.05, 0.1) is 0 Å². The quantitative estimate of drug-likeness (QED) is 0.536. The van der Waals surface area contributed by atoms with Crippen LogP contribution in [0.15, 0.2) is 0 Å². The minimum absolute atomic E-state index is 0.315. The molecule has 0 spiro atoms. The Kier molecular flexibility index (Phi) is 14.8. The van der Waals surface area contributed by atoms with Crippen molar-refractivity contribution in [1.82, 2.24) is 0 Å². The van der Waals surface area contributed by atoms with Gasteiger partial charge in [-0.3, -0.25) is 4.79 Å². The minimum atomic E-state index is -1.82. The molecule has 0 saturated carbocycles. The predicted octanol–water partition coefficient (Wildman–Crippen LogP) is 0.323. The van der Waals surface area contributed by atoms with Crippen molar-refractivity contribution in [3.8, 4) is 0 Å². The Morgan fingerprint density at radius 2 is 0.900 bits per heavy atom. The van der Waals surface area contributed by atoms with Gasteiger partial charge >= 0.3 is 23.9 Å². The first-order valence-corrected chi connectivity index (χ1v) is 5.43. The lowest BCUT2D eigenvalue weighted by Crippen LogP contribution is -2.09. The van der Waals surface area contributed by atoms with Gasteiger partial charge in [-0.1, -0.05) is 13.8 Å². The second-order valence-electron chi connectivity index (χ2n) is 3.34. The number of hydrogen-bond acceptors (Lipinski definition) is 5. The van der Waals surface area contributed by atoms with Crippen LogP contribution in [0.3, 0.4) is 0 Å². The molecule has 0 saturated heterocycles. The SMILES string of the molecule is CCC(CC)C(C)=O.O=C(O)C(=O)O.O=C(O)C(=O)O. The molecular formula is C11H18O9. The Labute approximate surface area is 114 Å². The molecule has 116 valence electrons. The molecule has 0 rings (SSSR count). The lowest BCUT2D eigenvalue weighted by Gasteiger charge is -2.04. The summed E-state index contributed by atoms with van der Waals surface area (Å²) in [6.07, 6.45) is 1.98. The second kappa shape index (κ2) is 13.0. The van der Waals surface area contributed by atoms with Crippen molar-refractivity contribution in [3.63, 3.8) is 0 Å². The molecular weight excluding hydrogens is 276 g/mol. The number of Topliss-reactive ketones (excluding diaryl/α,β-unsaturated/α-hetero) is 1. The molecule has 0 aromatic heterocycles. The average Bonchev–Trinajstić information content (AvgIpc) is 2.31. The third-order valence-corrected chi connectivity index (χ3v) is 1.93. The van der Waals surface area contributed by atoms with E-state index in [2.05, 4.69) is 13.8 Å². The summed E-state index contributed by atoms with van der Waals surface area (Å²) in [6, 6.07) is 0. The fourth-order valence-corrected chi connectivity index (χ4v) is 0.864. The molecule has 0 aliphatic carbocycles. The van der Waals surface area contributed by atoms with Gasteiger partial charge in [-0.05, 0) is 19.8 Å². The third-order valence-electron chi connectivity index (χ3n) is 1.93. The highest BCUT2D eigenvalue weighted by Crippen LogP contribution is 2.06. The van der Waals surface area contributed by atoms with E-state index in [9.17, 15) is 4.79 Å². The summed E-state index contributed by atoms with van der Waals surface area (Å²) in [7, 11) is 0. The number of carboxylic acid groups (broad SMARTS) is 4. The van der Waals surface area contributed by atoms with Crippen LogP contribution in [0.4, 0.5) is 0 Å². The van der Waals surface area contributed by atoms with E-state index < -0.39 is 23.9 Å². The lowest BCUT2D eigenvalue weighted by atomic mass is 10.00. The third kappa shape index (κ3) is 17.9. The number of aliphatic carboxylic acids is 4. The number of rotatable bonds is 3. The smallest absolute Gasteiger partial charge is 0.414 e. The summed E-state index contributed by atoms with van der Waals surface area (Å²) >= 11 is 0. The normalized spacial score (nSPS) is 8.40. The maximum atomic E-state index is 10.6. The summed E-state index contributed by atoms with van der Waals surface area (Å²) < 4.78 is 0. The van der Waals surface area contributed by atoms with Gasteiger partial charge in [0.25, 0.3) is 0 Å². The zero-order valence-electron chi connectivity index (χ0n) is 11.3. The van der Waals surface area contributed by atoms with Gasteiger partial charge in [-0.2, -0.15) is 0 Å². The molecule has 0 aliphatic heterocycles. The monoisotopic (exact) mass is 294 g/mol. The number of ketones is 1. The first kappa shape index (κ1) is 22.7. The molecule has 0 radical (unpaired) electrons. The van der Waals surface area contributed by atoms with Crippen molar-refractivity contribution in [3.05, 3.63) is 0 Å². The molecule has 0 aliphatic rings. The van der Waals surface area contributed by atoms with Crippen LogP contribution < -0.4 is 0 Å². The molecule has 9 nitrogen and oxygen atoms in total. The number of carbonyl (C=O) groups excluding carboxylic acids is 1. The first-order chi connectivity index (χ1) is 9.00. The van der Waals surface area contributed by atoms with E-state index >= 15 is 0 Å². The zero-order valence-corrected chi connectivity index (χ0v) is 11.3.